The second-order valence-electron chi connectivity index (χ2n) is 12.4. The van der Waals surface area contributed by atoms with Crippen molar-refractivity contribution in [2.24, 2.45) is 5.14 Å². The number of nitrogens with zero attached hydrogens (tertiary/aromatic N) is 2. The summed E-state index contributed by atoms with van der Waals surface area (Å²) in [7, 11) is -2.21. The highest BCUT2D eigenvalue weighted by atomic mass is 35.5. The molecule has 0 aliphatic carbocycles. The zero-order valence-corrected chi connectivity index (χ0v) is 32.8. The van der Waals surface area contributed by atoms with Gasteiger partial charge in [-0.1, -0.05) is 59.6 Å². The van der Waals surface area contributed by atoms with Crippen LogP contribution in [0.4, 0.5) is 0 Å². The van der Waals surface area contributed by atoms with Crippen molar-refractivity contribution >= 4 is 45.0 Å². The van der Waals surface area contributed by atoms with Crippen LogP contribution >= 0.6 is 23.2 Å². The molecular formula is C41H37Cl2N5O7S. The number of ether oxygens (including phenoxy) is 1. The number of carbonyl (C=O) groups is 2. The van der Waals surface area contributed by atoms with Gasteiger partial charge in [0.15, 0.2) is 0 Å². The van der Waals surface area contributed by atoms with Crippen LogP contribution < -0.4 is 31.6 Å². The van der Waals surface area contributed by atoms with Crippen LogP contribution in [0, 0.1) is 13.8 Å². The fourth-order valence-electron chi connectivity index (χ4n) is 5.57. The van der Waals surface area contributed by atoms with E-state index in [1.54, 1.807) is 105 Å². The molecule has 0 radical (unpaired) electrons. The Kier molecular flexibility index (Phi) is 13.3. The second-order valence-corrected chi connectivity index (χ2v) is 14.9. The number of aromatic nitrogens is 2. The highest BCUT2D eigenvalue weighted by Gasteiger charge is 2.17. The number of hydrogen-bond acceptors (Lipinski definition) is 7. The molecule has 15 heteroatoms. The van der Waals surface area contributed by atoms with Gasteiger partial charge in [0.25, 0.3) is 22.9 Å². The Morgan fingerprint density at radius 1 is 0.643 bits per heavy atom. The van der Waals surface area contributed by atoms with E-state index in [4.69, 9.17) is 33.1 Å². The molecule has 0 aliphatic heterocycles. The number of benzene rings is 4. The van der Waals surface area contributed by atoms with Crippen LogP contribution in [0.15, 0.2) is 136 Å². The number of nitrogens with two attached hydrogens (primary N) is 1. The van der Waals surface area contributed by atoms with Crippen molar-refractivity contribution in [1.82, 2.24) is 19.8 Å². The predicted octanol–water partition coefficient (Wildman–Crippen LogP) is 6.11. The van der Waals surface area contributed by atoms with Crippen molar-refractivity contribution in [2.45, 2.75) is 31.8 Å². The van der Waals surface area contributed by atoms with Crippen molar-refractivity contribution in [3.05, 3.63) is 186 Å². The van der Waals surface area contributed by atoms with Crippen LogP contribution in [-0.4, -0.2) is 36.5 Å². The maximum absolute atomic E-state index is 12.9. The molecule has 0 saturated carbocycles. The Morgan fingerprint density at radius 3 is 1.57 bits per heavy atom. The molecule has 6 aromatic rings. The van der Waals surface area contributed by atoms with Crippen LogP contribution in [0.5, 0.6) is 5.75 Å². The van der Waals surface area contributed by atoms with Crippen molar-refractivity contribution in [1.29, 1.82) is 0 Å². The third kappa shape index (κ3) is 10.2. The van der Waals surface area contributed by atoms with Crippen LogP contribution in [0.3, 0.4) is 0 Å². The Morgan fingerprint density at radius 2 is 1.11 bits per heavy atom. The van der Waals surface area contributed by atoms with Gasteiger partial charge in [-0.15, -0.1) is 0 Å². The number of sulfonamides is 1. The van der Waals surface area contributed by atoms with Crippen molar-refractivity contribution in [2.75, 3.05) is 7.11 Å². The average molecular weight is 815 g/mol. The molecule has 2 amide bonds. The van der Waals surface area contributed by atoms with E-state index >= 15 is 0 Å². The number of methoxy groups -OCH3 is 1. The Balaban J connectivity index is 0.000000215. The molecule has 0 atom stereocenters. The third-order valence-electron chi connectivity index (χ3n) is 8.49. The van der Waals surface area contributed by atoms with Crippen molar-refractivity contribution < 1.29 is 22.7 Å². The number of nitrogens with one attached hydrogen (secondary N) is 2. The molecule has 0 aliphatic rings. The Bertz CT molecular complexity index is 2630. The molecule has 6 rings (SSSR count). The van der Waals surface area contributed by atoms with Crippen LogP contribution in [0.25, 0.3) is 11.4 Å². The SMILES string of the molecule is COc1cccc(-n2c(C)ccc(C(=O)NCc3ccc(Cl)cc3)c2=O)c1.Cc1ccc(C(=O)NCc2ccc(S(N)(=O)=O)cc2)c(=O)n1-c1cccc(Cl)c1. The van der Waals surface area contributed by atoms with E-state index < -0.39 is 27.4 Å². The fraction of sp³-hybridized carbons (Fsp3) is 0.122. The lowest BCUT2D eigenvalue weighted by Gasteiger charge is -2.13. The molecule has 0 unspecified atom stereocenters. The van der Waals surface area contributed by atoms with Gasteiger partial charge in [-0.2, -0.15) is 0 Å². The monoisotopic (exact) mass is 813 g/mol. The Hall–Kier alpha value is -5.99. The summed E-state index contributed by atoms with van der Waals surface area (Å²) >= 11 is 11.9. The number of pyridine rings is 2. The van der Waals surface area contributed by atoms with E-state index in [2.05, 4.69) is 10.6 Å². The van der Waals surface area contributed by atoms with E-state index in [1.807, 2.05) is 19.1 Å². The molecular weight excluding hydrogens is 777 g/mol. The maximum Gasteiger partial charge on any atom is 0.268 e. The van der Waals surface area contributed by atoms with E-state index in [1.165, 1.54) is 27.3 Å². The minimum Gasteiger partial charge on any atom is -0.497 e. The van der Waals surface area contributed by atoms with E-state index in [0.717, 1.165) is 11.3 Å². The number of rotatable bonds is 10. The summed E-state index contributed by atoms with van der Waals surface area (Å²) in [6, 6.07) is 33.3. The van der Waals surface area contributed by atoms with Crippen molar-refractivity contribution in [3.8, 4) is 17.1 Å². The van der Waals surface area contributed by atoms with Crippen LogP contribution in [0.2, 0.25) is 10.0 Å². The number of amides is 2. The maximum atomic E-state index is 12.9. The molecule has 56 heavy (non-hydrogen) atoms. The van der Waals surface area contributed by atoms with Gasteiger partial charge in [0.1, 0.15) is 16.9 Å². The minimum atomic E-state index is -3.78. The molecule has 12 nitrogen and oxygen atoms in total. The number of carbonyl (C=O) groups excluding carboxylic acids is 2. The standard InChI is InChI=1S/C21H19ClN2O3.C20H18ClN3O4S/c1-14-6-11-19(20(25)23-13-15-7-9-16(22)10-8-15)21(26)24(14)17-4-3-5-18(12-17)27-2;1-13-5-10-18(20(26)24(13)16-4-2-3-15(21)11-16)19(25)23-12-14-6-8-17(9-7-14)29(22,27)28/h3-12H,13H2,1-2H3,(H,23,25);2-11H,12H2,1H3,(H,23,25)(H2,22,27,28). The summed E-state index contributed by atoms with van der Waals surface area (Å²) in [5, 5.41) is 11.6. The summed E-state index contributed by atoms with van der Waals surface area (Å²) < 4.78 is 30.7. The topological polar surface area (TPSA) is 172 Å². The van der Waals surface area contributed by atoms with E-state index in [0.29, 0.717) is 45.0 Å². The fourth-order valence-corrected chi connectivity index (χ4v) is 6.39. The zero-order chi connectivity index (χ0) is 40.6. The zero-order valence-electron chi connectivity index (χ0n) is 30.5. The summed E-state index contributed by atoms with van der Waals surface area (Å²) in [4.78, 5) is 50.9. The quantitative estimate of drug-likeness (QED) is 0.150. The highest BCUT2D eigenvalue weighted by molar-refractivity contribution is 7.89. The molecule has 0 bridgehead atoms. The molecule has 2 aromatic heterocycles. The number of primary sulfonamides is 1. The normalized spacial score (nSPS) is 10.9. The van der Waals surface area contributed by atoms with Gasteiger partial charge >= 0.3 is 0 Å². The van der Waals surface area contributed by atoms with Gasteiger partial charge in [-0.05, 0) is 104 Å². The smallest absolute Gasteiger partial charge is 0.268 e. The van der Waals surface area contributed by atoms with E-state index in [-0.39, 0.29) is 28.1 Å². The Labute approximate surface area is 333 Å². The van der Waals surface area contributed by atoms with Gasteiger partial charge in [0.2, 0.25) is 10.0 Å². The van der Waals surface area contributed by atoms with Gasteiger partial charge in [-0.3, -0.25) is 28.3 Å². The van der Waals surface area contributed by atoms with Crippen LogP contribution in [0.1, 0.15) is 43.2 Å². The second kappa shape index (κ2) is 18.1. The first-order valence-electron chi connectivity index (χ1n) is 16.9. The number of halogens is 2. The lowest BCUT2D eigenvalue weighted by Crippen LogP contribution is -2.33. The molecule has 0 saturated heterocycles. The minimum absolute atomic E-state index is 0.0169. The van der Waals surface area contributed by atoms with Gasteiger partial charge in [-0.25, -0.2) is 13.6 Å². The molecule has 0 spiro atoms. The molecule has 4 N–H and O–H groups in total. The number of hydrogen-bond donors (Lipinski definition) is 3. The molecule has 4 aromatic carbocycles. The summed E-state index contributed by atoms with van der Waals surface area (Å²) in [5.41, 5.74) is 3.37. The summed E-state index contributed by atoms with van der Waals surface area (Å²) in [6.07, 6.45) is 0. The lowest BCUT2D eigenvalue weighted by molar-refractivity contribution is 0.0941. The largest absolute Gasteiger partial charge is 0.497 e. The van der Waals surface area contributed by atoms with Gasteiger partial charge in [0, 0.05) is 40.6 Å². The molecule has 2 heterocycles. The molecule has 0 fully saturated rings. The average Bonchev–Trinajstić information content (AvgIpc) is 3.17. The number of aryl methyl sites for hydroxylation is 2. The van der Waals surface area contributed by atoms with Crippen molar-refractivity contribution in [3.63, 3.8) is 0 Å². The lowest BCUT2D eigenvalue weighted by atomic mass is 10.2. The third-order valence-corrected chi connectivity index (χ3v) is 9.91. The highest BCUT2D eigenvalue weighted by Crippen LogP contribution is 2.18. The molecule has 288 valence electrons. The first kappa shape index (κ1) is 41.2. The van der Waals surface area contributed by atoms with Crippen LogP contribution in [-0.2, 0) is 23.1 Å². The van der Waals surface area contributed by atoms with Gasteiger partial charge in [0.05, 0.1) is 23.4 Å². The summed E-state index contributed by atoms with van der Waals surface area (Å²) in [5.74, 6) is -0.329. The predicted molar refractivity (Wildman–Crippen MR) is 217 cm³/mol. The van der Waals surface area contributed by atoms with Gasteiger partial charge < -0.3 is 15.4 Å². The first-order chi connectivity index (χ1) is 26.7. The first-order valence-corrected chi connectivity index (χ1v) is 19.2. The summed E-state index contributed by atoms with van der Waals surface area (Å²) in [6.45, 7) is 4.00. The van der Waals surface area contributed by atoms with E-state index in [9.17, 15) is 27.6 Å².